The molecule has 1 N–H and O–H groups in total. The first kappa shape index (κ1) is 11.9. The Labute approximate surface area is 97.8 Å². The molecule has 1 saturated carbocycles. The van der Waals surface area contributed by atoms with Crippen molar-refractivity contribution in [1.82, 2.24) is 4.90 Å². The zero-order chi connectivity index (χ0) is 11.5. The summed E-state index contributed by atoms with van der Waals surface area (Å²) in [6.07, 6.45) is 6.89. The van der Waals surface area contributed by atoms with E-state index in [1.165, 1.54) is 25.8 Å². The lowest BCUT2D eigenvalue weighted by Gasteiger charge is -2.33. The third kappa shape index (κ3) is 2.57. The Kier molecular flexibility index (Phi) is 3.85. The van der Waals surface area contributed by atoms with Gasteiger partial charge in [-0.3, -0.25) is 4.79 Å². The van der Waals surface area contributed by atoms with E-state index >= 15 is 0 Å². The SMILES string of the molecule is CC1CCCN1CC1CCCCC1C(=O)O. The largest absolute Gasteiger partial charge is 0.481 e. The van der Waals surface area contributed by atoms with Crippen molar-refractivity contribution in [2.75, 3.05) is 13.1 Å². The summed E-state index contributed by atoms with van der Waals surface area (Å²) in [4.78, 5) is 13.7. The van der Waals surface area contributed by atoms with E-state index in [2.05, 4.69) is 11.8 Å². The number of carboxylic acids is 1. The molecule has 3 heteroatoms. The number of carbonyl (C=O) groups is 1. The molecule has 3 atom stereocenters. The highest BCUT2D eigenvalue weighted by molar-refractivity contribution is 5.70. The summed E-state index contributed by atoms with van der Waals surface area (Å²) >= 11 is 0. The van der Waals surface area contributed by atoms with Gasteiger partial charge in [0.15, 0.2) is 0 Å². The molecule has 0 spiro atoms. The van der Waals surface area contributed by atoms with E-state index < -0.39 is 5.97 Å². The number of carboxylic acid groups (broad SMARTS) is 1. The van der Waals surface area contributed by atoms with Crippen molar-refractivity contribution < 1.29 is 9.90 Å². The molecule has 3 unspecified atom stereocenters. The Hall–Kier alpha value is -0.570. The highest BCUT2D eigenvalue weighted by Gasteiger charge is 2.33. The summed E-state index contributed by atoms with van der Waals surface area (Å²) < 4.78 is 0. The average molecular weight is 225 g/mol. The lowest BCUT2D eigenvalue weighted by Crippen LogP contribution is -2.38. The van der Waals surface area contributed by atoms with Crippen LogP contribution in [0.15, 0.2) is 0 Å². The monoisotopic (exact) mass is 225 g/mol. The smallest absolute Gasteiger partial charge is 0.306 e. The van der Waals surface area contributed by atoms with E-state index in [-0.39, 0.29) is 5.92 Å². The van der Waals surface area contributed by atoms with Gasteiger partial charge in [0.05, 0.1) is 5.92 Å². The molecule has 1 aliphatic heterocycles. The van der Waals surface area contributed by atoms with Gasteiger partial charge in [-0.05, 0) is 45.1 Å². The number of aliphatic carboxylic acids is 1. The van der Waals surface area contributed by atoms with Gasteiger partial charge in [0, 0.05) is 12.6 Å². The lowest BCUT2D eigenvalue weighted by atomic mass is 9.79. The third-order valence-corrected chi connectivity index (χ3v) is 4.39. The number of hydrogen-bond donors (Lipinski definition) is 1. The van der Waals surface area contributed by atoms with Gasteiger partial charge in [-0.15, -0.1) is 0 Å². The molecule has 0 amide bonds. The zero-order valence-corrected chi connectivity index (χ0v) is 10.2. The van der Waals surface area contributed by atoms with Crippen LogP contribution in [0.1, 0.15) is 45.4 Å². The van der Waals surface area contributed by atoms with Crippen molar-refractivity contribution in [1.29, 1.82) is 0 Å². The van der Waals surface area contributed by atoms with Crippen LogP contribution in [-0.4, -0.2) is 35.1 Å². The number of likely N-dealkylation sites (tertiary alicyclic amines) is 1. The molecule has 0 radical (unpaired) electrons. The van der Waals surface area contributed by atoms with Crippen molar-refractivity contribution in [3.8, 4) is 0 Å². The van der Waals surface area contributed by atoms with E-state index in [9.17, 15) is 9.90 Å². The fourth-order valence-electron chi connectivity index (χ4n) is 3.32. The summed E-state index contributed by atoms with van der Waals surface area (Å²) in [5.74, 6) is -0.259. The second-order valence-corrected chi connectivity index (χ2v) is 5.48. The minimum absolute atomic E-state index is 0.0819. The highest BCUT2D eigenvalue weighted by Crippen LogP contribution is 2.32. The zero-order valence-electron chi connectivity index (χ0n) is 10.2. The first-order valence-corrected chi connectivity index (χ1v) is 6.65. The van der Waals surface area contributed by atoms with Gasteiger partial charge in [-0.25, -0.2) is 0 Å². The summed E-state index contributed by atoms with van der Waals surface area (Å²) in [5, 5.41) is 9.23. The Bertz CT molecular complexity index is 254. The summed E-state index contributed by atoms with van der Waals surface area (Å²) in [7, 11) is 0. The molecule has 0 aromatic rings. The van der Waals surface area contributed by atoms with Gasteiger partial charge < -0.3 is 10.0 Å². The quantitative estimate of drug-likeness (QED) is 0.801. The summed E-state index contributed by atoms with van der Waals surface area (Å²) in [5.41, 5.74) is 0. The van der Waals surface area contributed by atoms with Gasteiger partial charge in [0.1, 0.15) is 0 Å². The summed E-state index contributed by atoms with van der Waals surface area (Å²) in [6.45, 7) is 4.45. The van der Waals surface area contributed by atoms with Crippen LogP contribution >= 0.6 is 0 Å². The fourth-order valence-corrected chi connectivity index (χ4v) is 3.32. The maximum atomic E-state index is 11.2. The normalized spacial score (nSPS) is 36.4. The highest BCUT2D eigenvalue weighted by atomic mass is 16.4. The molecule has 0 aromatic carbocycles. The Morgan fingerprint density at radius 2 is 2.00 bits per heavy atom. The third-order valence-electron chi connectivity index (χ3n) is 4.39. The summed E-state index contributed by atoms with van der Waals surface area (Å²) in [6, 6.07) is 0.663. The van der Waals surface area contributed by atoms with E-state index in [0.717, 1.165) is 25.8 Å². The van der Waals surface area contributed by atoms with Crippen molar-refractivity contribution in [3.63, 3.8) is 0 Å². The van der Waals surface area contributed by atoms with Crippen LogP contribution in [0.25, 0.3) is 0 Å². The van der Waals surface area contributed by atoms with Gasteiger partial charge >= 0.3 is 5.97 Å². The molecule has 1 saturated heterocycles. The number of nitrogens with zero attached hydrogens (tertiary/aromatic N) is 1. The molecule has 0 aromatic heterocycles. The lowest BCUT2D eigenvalue weighted by molar-refractivity contribution is -0.145. The van der Waals surface area contributed by atoms with Crippen molar-refractivity contribution in [2.24, 2.45) is 11.8 Å². The van der Waals surface area contributed by atoms with Crippen molar-refractivity contribution in [2.45, 2.75) is 51.5 Å². The van der Waals surface area contributed by atoms with Crippen LogP contribution in [0.4, 0.5) is 0 Å². The van der Waals surface area contributed by atoms with Gasteiger partial charge in [0.25, 0.3) is 0 Å². The van der Waals surface area contributed by atoms with Crippen LogP contribution < -0.4 is 0 Å². The number of hydrogen-bond acceptors (Lipinski definition) is 2. The second-order valence-electron chi connectivity index (χ2n) is 5.48. The van der Waals surface area contributed by atoms with Gasteiger partial charge in [-0.2, -0.15) is 0 Å². The maximum absolute atomic E-state index is 11.2. The van der Waals surface area contributed by atoms with Crippen LogP contribution in [0.5, 0.6) is 0 Å². The Morgan fingerprint density at radius 1 is 1.25 bits per heavy atom. The minimum Gasteiger partial charge on any atom is -0.481 e. The molecular weight excluding hydrogens is 202 g/mol. The van der Waals surface area contributed by atoms with Crippen molar-refractivity contribution in [3.05, 3.63) is 0 Å². The minimum atomic E-state index is -0.573. The van der Waals surface area contributed by atoms with Crippen LogP contribution in [0.2, 0.25) is 0 Å². The molecule has 92 valence electrons. The van der Waals surface area contributed by atoms with Gasteiger partial charge in [0.2, 0.25) is 0 Å². The molecule has 0 bridgehead atoms. The Morgan fingerprint density at radius 3 is 2.62 bits per heavy atom. The van der Waals surface area contributed by atoms with Crippen LogP contribution in [0, 0.1) is 11.8 Å². The standard InChI is InChI=1S/C13H23NO2/c1-10-5-4-8-14(10)9-11-6-2-3-7-12(11)13(15)16/h10-12H,2-9H2,1H3,(H,15,16). The molecule has 2 rings (SSSR count). The fraction of sp³-hybridized carbons (Fsp3) is 0.923. The first-order chi connectivity index (χ1) is 7.68. The van der Waals surface area contributed by atoms with E-state index in [4.69, 9.17) is 0 Å². The Balaban J connectivity index is 1.93. The maximum Gasteiger partial charge on any atom is 0.306 e. The predicted molar refractivity (Wildman–Crippen MR) is 63.4 cm³/mol. The average Bonchev–Trinajstić information content (AvgIpc) is 2.65. The molecular formula is C13H23NO2. The first-order valence-electron chi connectivity index (χ1n) is 6.65. The van der Waals surface area contributed by atoms with Crippen LogP contribution in [0.3, 0.4) is 0 Å². The van der Waals surface area contributed by atoms with Crippen molar-refractivity contribution >= 4 is 5.97 Å². The van der Waals surface area contributed by atoms with E-state index in [1.54, 1.807) is 0 Å². The second kappa shape index (κ2) is 5.17. The predicted octanol–water partition coefficient (Wildman–Crippen LogP) is 2.36. The molecule has 2 fully saturated rings. The molecule has 2 aliphatic rings. The van der Waals surface area contributed by atoms with E-state index in [0.29, 0.717) is 12.0 Å². The molecule has 1 aliphatic carbocycles. The molecule has 1 heterocycles. The number of rotatable bonds is 3. The topological polar surface area (TPSA) is 40.5 Å². The van der Waals surface area contributed by atoms with E-state index in [1.807, 2.05) is 0 Å². The van der Waals surface area contributed by atoms with Gasteiger partial charge in [-0.1, -0.05) is 12.8 Å². The molecule has 3 nitrogen and oxygen atoms in total. The van der Waals surface area contributed by atoms with Crippen LogP contribution in [-0.2, 0) is 4.79 Å². The molecule has 16 heavy (non-hydrogen) atoms.